The van der Waals surface area contributed by atoms with Crippen molar-refractivity contribution in [2.75, 3.05) is 13.1 Å². The van der Waals surface area contributed by atoms with Crippen molar-refractivity contribution in [2.45, 2.75) is 25.3 Å². The highest BCUT2D eigenvalue weighted by atomic mass is 35.5. The average molecular weight is 391 g/mol. The second kappa shape index (κ2) is 9.62. The Morgan fingerprint density at radius 3 is 2.44 bits per heavy atom. The van der Waals surface area contributed by atoms with Crippen LogP contribution in [-0.2, 0) is 4.79 Å². The summed E-state index contributed by atoms with van der Waals surface area (Å²) in [6, 6.07) is 14.8. The Hall–Kier alpha value is -2.24. The molecule has 0 bridgehead atoms. The van der Waals surface area contributed by atoms with Gasteiger partial charge in [-0.05, 0) is 42.7 Å². The Morgan fingerprint density at radius 2 is 1.78 bits per heavy atom. The SMILES string of the molecule is Cl.NC(CC(=O)N1CCCC(C(=O)c2ccc(F)cc2)C1)c1ccccc1. The number of ketones is 1. The fourth-order valence-electron chi connectivity index (χ4n) is 3.40. The summed E-state index contributed by atoms with van der Waals surface area (Å²) in [5.41, 5.74) is 7.57. The number of halogens is 2. The van der Waals surface area contributed by atoms with Gasteiger partial charge in [-0.25, -0.2) is 4.39 Å². The molecule has 2 N–H and O–H groups in total. The van der Waals surface area contributed by atoms with Crippen molar-refractivity contribution in [3.8, 4) is 0 Å². The summed E-state index contributed by atoms with van der Waals surface area (Å²) >= 11 is 0. The Balaban J connectivity index is 0.00000261. The van der Waals surface area contributed by atoms with E-state index in [9.17, 15) is 14.0 Å². The number of rotatable bonds is 5. The lowest BCUT2D eigenvalue weighted by molar-refractivity contribution is -0.133. The number of amides is 1. The number of likely N-dealkylation sites (tertiary alicyclic amines) is 1. The summed E-state index contributed by atoms with van der Waals surface area (Å²) in [4.78, 5) is 27.0. The zero-order valence-electron chi connectivity index (χ0n) is 15.0. The number of piperidine rings is 1. The number of hydrogen-bond acceptors (Lipinski definition) is 3. The lowest BCUT2D eigenvalue weighted by atomic mass is 9.89. The highest BCUT2D eigenvalue weighted by Crippen LogP contribution is 2.23. The molecule has 27 heavy (non-hydrogen) atoms. The fraction of sp³-hybridized carbons (Fsp3) is 0.333. The highest BCUT2D eigenvalue weighted by molar-refractivity contribution is 5.98. The Labute approximate surface area is 165 Å². The van der Waals surface area contributed by atoms with E-state index in [0.29, 0.717) is 18.7 Å². The van der Waals surface area contributed by atoms with Crippen molar-refractivity contribution < 1.29 is 14.0 Å². The van der Waals surface area contributed by atoms with Gasteiger partial charge in [0, 0.05) is 37.0 Å². The molecule has 0 saturated carbocycles. The molecule has 144 valence electrons. The molecule has 6 heteroatoms. The van der Waals surface area contributed by atoms with Gasteiger partial charge in [-0.2, -0.15) is 0 Å². The molecule has 0 aromatic heterocycles. The van der Waals surface area contributed by atoms with Crippen LogP contribution in [0.3, 0.4) is 0 Å². The lowest BCUT2D eigenvalue weighted by Crippen LogP contribution is -2.43. The van der Waals surface area contributed by atoms with Crippen LogP contribution in [-0.4, -0.2) is 29.7 Å². The zero-order chi connectivity index (χ0) is 18.5. The number of hydrogen-bond donors (Lipinski definition) is 1. The van der Waals surface area contributed by atoms with Crippen molar-refractivity contribution in [2.24, 2.45) is 11.7 Å². The molecule has 0 aliphatic carbocycles. The van der Waals surface area contributed by atoms with Crippen molar-refractivity contribution in [3.05, 3.63) is 71.5 Å². The summed E-state index contributed by atoms with van der Waals surface area (Å²) < 4.78 is 13.0. The smallest absolute Gasteiger partial charge is 0.224 e. The average Bonchev–Trinajstić information content (AvgIpc) is 2.68. The summed E-state index contributed by atoms with van der Waals surface area (Å²) in [6.07, 6.45) is 1.75. The molecule has 1 fully saturated rings. The van der Waals surface area contributed by atoms with E-state index >= 15 is 0 Å². The minimum absolute atomic E-state index is 0. The maximum absolute atomic E-state index is 13.0. The van der Waals surface area contributed by atoms with Gasteiger partial charge in [0.15, 0.2) is 5.78 Å². The first-order valence-corrected chi connectivity index (χ1v) is 8.92. The molecule has 2 aromatic carbocycles. The van der Waals surface area contributed by atoms with Crippen LogP contribution in [0.25, 0.3) is 0 Å². The molecule has 1 aliphatic heterocycles. The van der Waals surface area contributed by atoms with Crippen molar-refractivity contribution >= 4 is 24.1 Å². The van der Waals surface area contributed by atoms with Gasteiger partial charge in [0.1, 0.15) is 5.82 Å². The van der Waals surface area contributed by atoms with E-state index < -0.39 is 0 Å². The highest BCUT2D eigenvalue weighted by Gasteiger charge is 2.29. The number of benzene rings is 2. The first kappa shape index (κ1) is 21.1. The van der Waals surface area contributed by atoms with Gasteiger partial charge in [-0.3, -0.25) is 9.59 Å². The van der Waals surface area contributed by atoms with Crippen molar-refractivity contribution in [1.29, 1.82) is 0 Å². The maximum Gasteiger partial charge on any atom is 0.224 e. The maximum atomic E-state index is 13.0. The van der Waals surface area contributed by atoms with E-state index in [1.165, 1.54) is 24.3 Å². The van der Waals surface area contributed by atoms with E-state index in [1.54, 1.807) is 4.90 Å². The molecule has 2 atom stereocenters. The second-order valence-corrected chi connectivity index (χ2v) is 6.77. The van der Waals surface area contributed by atoms with Gasteiger partial charge < -0.3 is 10.6 Å². The van der Waals surface area contributed by atoms with Gasteiger partial charge in [-0.15, -0.1) is 12.4 Å². The fourth-order valence-corrected chi connectivity index (χ4v) is 3.40. The van der Waals surface area contributed by atoms with Crippen LogP contribution in [0.5, 0.6) is 0 Å². The van der Waals surface area contributed by atoms with E-state index in [1.807, 2.05) is 30.3 Å². The lowest BCUT2D eigenvalue weighted by Gasteiger charge is -2.32. The molecule has 1 saturated heterocycles. The van der Waals surface area contributed by atoms with Crippen molar-refractivity contribution in [1.82, 2.24) is 4.90 Å². The number of nitrogens with zero attached hydrogens (tertiary/aromatic N) is 1. The number of carbonyl (C=O) groups excluding carboxylic acids is 2. The molecule has 2 aromatic rings. The molecular formula is C21H24ClFN2O2. The zero-order valence-corrected chi connectivity index (χ0v) is 15.8. The van der Waals surface area contributed by atoms with E-state index in [0.717, 1.165) is 18.4 Å². The number of Topliss-reactive ketones (excluding diaryl/α,β-unsaturated/α-hetero) is 1. The van der Waals surface area contributed by atoms with Crippen LogP contribution in [0.2, 0.25) is 0 Å². The molecule has 1 amide bonds. The summed E-state index contributed by atoms with van der Waals surface area (Å²) in [5, 5.41) is 0. The third kappa shape index (κ3) is 5.37. The molecule has 1 heterocycles. The van der Waals surface area contributed by atoms with E-state index in [2.05, 4.69) is 0 Å². The second-order valence-electron chi connectivity index (χ2n) is 6.77. The quantitative estimate of drug-likeness (QED) is 0.790. The molecule has 0 radical (unpaired) electrons. The standard InChI is InChI=1S/C21H23FN2O2.ClH/c22-18-10-8-16(9-11-18)21(26)17-7-4-12-24(14-17)20(25)13-19(23)15-5-2-1-3-6-15;/h1-3,5-6,8-11,17,19H,4,7,12-14,23H2;1H. The summed E-state index contributed by atoms with van der Waals surface area (Å²) in [7, 11) is 0. The van der Waals surface area contributed by atoms with Gasteiger partial charge >= 0.3 is 0 Å². The molecule has 1 aliphatic rings. The first-order chi connectivity index (χ1) is 12.5. The van der Waals surface area contributed by atoms with Crippen LogP contribution < -0.4 is 5.73 Å². The third-order valence-electron chi connectivity index (χ3n) is 4.90. The molecule has 4 nitrogen and oxygen atoms in total. The van der Waals surface area contributed by atoms with Crippen LogP contribution in [0.15, 0.2) is 54.6 Å². The van der Waals surface area contributed by atoms with Crippen LogP contribution >= 0.6 is 12.4 Å². The van der Waals surface area contributed by atoms with Gasteiger partial charge in [-0.1, -0.05) is 30.3 Å². The minimum atomic E-state index is -0.364. The number of carbonyl (C=O) groups is 2. The Kier molecular flexibility index (Phi) is 7.51. The monoisotopic (exact) mass is 390 g/mol. The van der Waals surface area contributed by atoms with Crippen LogP contribution in [0.1, 0.15) is 41.2 Å². The van der Waals surface area contributed by atoms with E-state index in [4.69, 9.17) is 5.73 Å². The minimum Gasteiger partial charge on any atom is -0.342 e. The molecule has 3 rings (SSSR count). The van der Waals surface area contributed by atoms with E-state index in [-0.39, 0.29) is 48.3 Å². The number of nitrogens with two attached hydrogens (primary N) is 1. The topological polar surface area (TPSA) is 63.4 Å². The van der Waals surface area contributed by atoms with Gasteiger partial charge in [0.2, 0.25) is 5.91 Å². The largest absolute Gasteiger partial charge is 0.342 e. The van der Waals surface area contributed by atoms with Crippen LogP contribution in [0, 0.1) is 11.7 Å². The first-order valence-electron chi connectivity index (χ1n) is 8.92. The molecule has 2 unspecified atom stereocenters. The molecular weight excluding hydrogens is 367 g/mol. The predicted octanol–water partition coefficient (Wildman–Crippen LogP) is 3.76. The summed E-state index contributed by atoms with van der Waals surface area (Å²) in [5.74, 6) is -0.671. The molecule has 0 spiro atoms. The third-order valence-corrected chi connectivity index (χ3v) is 4.90. The normalized spacial score (nSPS) is 17.7. The Bertz CT molecular complexity index is 768. The van der Waals surface area contributed by atoms with Crippen molar-refractivity contribution in [3.63, 3.8) is 0 Å². The van der Waals surface area contributed by atoms with Gasteiger partial charge in [0.05, 0.1) is 0 Å². The summed E-state index contributed by atoms with van der Waals surface area (Å²) in [6.45, 7) is 1.05. The Morgan fingerprint density at radius 1 is 1.11 bits per heavy atom. The van der Waals surface area contributed by atoms with Gasteiger partial charge in [0.25, 0.3) is 0 Å². The van der Waals surface area contributed by atoms with Crippen LogP contribution in [0.4, 0.5) is 4.39 Å². The predicted molar refractivity (Wildman–Crippen MR) is 105 cm³/mol.